The van der Waals surface area contributed by atoms with E-state index in [0.717, 1.165) is 30.6 Å². The van der Waals surface area contributed by atoms with Crippen molar-refractivity contribution in [3.63, 3.8) is 0 Å². The lowest BCUT2D eigenvalue weighted by atomic mass is 10.0. The van der Waals surface area contributed by atoms with Crippen molar-refractivity contribution in [2.75, 3.05) is 24.5 Å². The van der Waals surface area contributed by atoms with Gasteiger partial charge in [0.15, 0.2) is 0 Å². The smallest absolute Gasteiger partial charge is 0.205 e. The topological polar surface area (TPSA) is 41.1 Å². The van der Waals surface area contributed by atoms with Crippen LogP contribution in [0.15, 0.2) is 0 Å². The highest BCUT2D eigenvalue weighted by Crippen LogP contribution is 2.26. The van der Waals surface area contributed by atoms with Crippen LogP contribution in [0, 0.1) is 6.92 Å². The lowest BCUT2D eigenvalue weighted by Crippen LogP contribution is -2.58. The molecule has 0 atom stereocenters. The second-order valence-corrected chi connectivity index (χ2v) is 5.00. The fraction of sp³-hybridized carbons (Fsp3) is 0.778. The minimum absolute atomic E-state index is 0.143. The first-order chi connectivity index (χ1) is 6.59. The van der Waals surface area contributed by atoms with Crippen molar-refractivity contribution in [1.29, 1.82) is 0 Å². The van der Waals surface area contributed by atoms with Crippen LogP contribution in [0.2, 0.25) is 0 Å². The molecule has 0 saturated carbocycles. The Morgan fingerprint density at radius 2 is 2.29 bits per heavy atom. The number of aryl methyl sites for hydroxylation is 1. The van der Waals surface area contributed by atoms with E-state index in [4.69, 9.17) is 0 Å². The maximum atomic E-state index is 4.44. The van der Waals surface area contributed by atoms with Crippen molar-refractivity contribution in [2.24, 2.45) is 0 Å². The molecule has 1 aliphatic rings. The molecule has 1 aromatic rings. The van der Waals surface area contributed by atoms with Crippen molar-refractivity contribution >= 4 is 16.7 Å². The van der Waals surface area contributed by atoms with Crippen molar-refractivity contribution < 1.29 is 0 Å². The first-order valence-corrected chi connectivity index (χ1v) is 5.66. The summed E-state index contributed by atoms with van der Waals surface area (Å²) in [6.07, 6.45) is 0. The highest BCUT2D eigenvalue weighted by molar-refractivity contribution is 7.09. The lowest BCUT2D eigenvalue weighted by Gasteiger charge is -2.42. The van der Waals surface area contributed by atoms with Crippen molar-refractivity contribution in [1.82, 2.24) is 14.7 Å². The molecule has 1 aromatic heterocycles. The summed E-state index contributed by atoms with van der Waals surface area (Å²) in [7, 11) is 0. The molecule has 0 aromatic carbocycles. The quantitative estimate of drug-likeness (QED) is 0.755. The molecule has 0 unspecified atom stereocenters. The predicted molar refractivity (Wildman–Crippen MR) is 58.9 cm³/mol. The molecule has 5 heteroatoms. The molecule has 14 heavy (non-hydrogen) atoms. The van der Waals surface area contributed by atoms with E-state index in [1.54, 1.807) is 0 Å². The first-order valence-electron chi connectivity index (χ1n) is 4.88. The normalized spacial score (nSPS) is 21.2. The average Bonchev–Trinajstić information content (AvgIpc) is 2.51. The van der Waals surface area contributed by atoms with Gasteiger partial charge in [-0.3, -0.25) is 0 Å². The van der Waals surface area contributed by atoms with E-state index in [9.17, 15) is 0 Å². The van der Waals surface area contributed by atoms with Crippen molar-refractivity contribution in [3.8, 4) is 0 Å². The molecule has 0 spiro atoms. The third-order valence-electron chi connectivity index (χ3n) is 2.55. The summed E-state index contributed by atoms with van der Waals surface area (Å²) in [4.78, 5) is 6.78. The van der Waals surface area contributed by atoms with Gasteiger partial charge in [0.25, 0.3) is 0 Å². The fourth-order valence-electron chi connectivity index (χ4n) is 1.73. The highest BCUT2D eigenvalue weighted by Gasteiger charge is 2.31. The summed E-state index contributed by atoms with van der Waals surface area (Å²) in [5, 5.41) is 4.45. The van der Waals surface area contributed by atoms with Crippen LogP contribution in [-0.2, 0) is 0 Å². The molecule has 1 fully saturated rings. The molecule has 4 nitrogen and oxygen atoms in total. The van der Waals surface area contributed by atoms with E-state index in [-0.39, 0.29) is 5.54 Å². The molecule has 0 amide bonds. The molecule has 2 heterocycles. The number of rotatable bonds is 1. The number of nitrogens with zero attached hydrogens (tertiary/aromatic N) is 3. The Kier molecular flexibility index (Phi) is 2.45. The fourth-order valence-corrected chi connectivity index (χ4v) is 2.60. The standard InChI is InChI=1S/C9H16N4S/c1-7-11-8(14-12-7)13-5-4-10-6-9(13,2)3/h10H,4-6H2,1-3H3. The third kappa shape index (κ3) is 1.74. The maximum Gasteiger partial charge on any atom is 0.205 e. The van der Waals surface area contributed by atoms with E-state index < -0.39 is 0 Å². The minimum atomic E-state index is 0.143. The number of anilines is 1. The third-order valence-corrected chi connectivity index (χ3v) is 3.38. The SMILES string of the molecule is Cc1nsc(N2CCNCC2(C)C)n1. The number of hydrogen-bond donors (Lipinski definition) is 1. The Balaban J connectivity index is 2.23. The van der Waals surface area contributed by atoms with Crippen LogP contribution in [0.3, 0.4) is 0 Å². The van der Waals surface area contributed by atoms with Gasteiger partial charge in [-0.15, -0.1) is 0 Å². The second kappa shape index (κ2) is 3.47. The first kappa shape index (κ1) is 9.86. The van der Waals surface area contributed by atoms with Gasteiger partial charge < -0.3 is 10.2 Å². The monoisotopic (exact) mass is 212 g/mol. The zero-order chi connectivity index (χ0) is 10.2. The molecule has 78 valence electrons. The molecular formula is C9H16N4S. The van der Waals surface area contributed by atoms with Gasteiger partial charge in [-0.2, -0.15) is 4.37 Å². The van der Waals surface area contributed by atoms with Crippen LogP contribution in [0.4, 0.5) is 5.13 Å². The Morgan fingerprint density at radius 1 is 1.50 bits per heavy atom. The largest absolute Gasteiger partial charge is 0.339 e. The highest BCUT2D eigenvalue weighted by atomic mass is 32.1. The van der Waals surface area contributed by atoms with Crippen LogP contribution in [0.25, 0.3) is 0 Å². The van der Waals surface area contributed by atoms with E-state index in [2.05, 4.69) is 33.4 Å². The predicted octanol–water partition coefficient (Wildman–Crippen LogP) is 1.03. The molecule has 0 bridgehead atoms. The zero-order valence-electron chi connectivity index (χ0n) is 8.87. The molecular weight excluding hydrogens is 196 g/mol. The van der Waals surface area contributed by atoms with Crippen LogP contribution in [0.1, 0.15) is 19.7 Å². The summed E-state index contributed by atoms with van der Waals surface area (Å²) in [6, 6.07) is 0. The van der Waals surface area contributed by atoms with Gasteiger partial charge in [0.05, 0.1) is 0 Å². The van der Waals surface area contributed by atoms with Crippen LogP contribution < -0.4 is 10.2 Å². The maximum absolute atomic E-state index is 4.44. The van der Waals surface area contributed by atoms with Crippen molar-refractivity contribution in [2.45, 2.75) is 26.3 Å². The second-order valence-electron chi connectivity index (χ2n) is 4.27. The Bertz CT molecular complexity index is 320. The average molecular weight is 212 g/mol. The Labute approximate surface area is 88.5 Å². The Morgan fingerprint density at radius 3 is 2.86 bits per heavy atom. The van der Waals surface area contributed by atoms with Gasteiger partial charge in [0, 0.05) is 36.7 Å². The van der Waals surface area contributed by atoms with E-state index in [1.165, 1.54) is 11.5 Å². The molecule has 2 rings (SSSR count). The van der Waals surface area contributed by atoms with Crippen LogP contribution >= 0.6 is 11.5 Å². The van der Waals surface area contributed by atoms with Crippen LogP contribution in [0.5, 0.6) is 0 Å². The number of piperazine rings is 1. The van der Waals surface area contributed by atoms with Gasteiger partial charge >= 0.3 is 0 Å². The van der Waals surface area contributed by atoms with Gasteiger partial charge in [-0.25, -0.2) is 4.98 Å². The van der Waals surface area contributed by atoms with Gasteiger partial charge in [-0.1, -0.05) is 0 Å². The van der Waals surface area contributed by atoms with E-state index in [1.807, 2.05) is 6.92 Å². The zero-order valence-corrected chi connectivity index (χ0v) is 9.69. The van der Waals surface area contributed by atoms with E-state index in [0.29, 0.717) is 0 Å². The summed E-state index contributed by atoms with van der Waals surface area (Å²) in [5.74, 6) is 0.874. The van der Waals surface area contributed by atoms with Crippen LogP contribution in [-0.4, -0.2) is 34.5 Å². The van der Waals surface area contributed by atoms with Gasteiger partial charge in [-0.05, 0) is 20.8 Å². The number of nitrogens with one attached hydrogen (secondary N) is 1. The molecule has 0 aliphatic carbocycles. The van der Waals surface area contributed by atoms with E-state index >= 15 is 0 Å². The molecule has 1 saturated heterocycles. The molecule has 1 aliphatic heterocycles. The Hall–Kier alpha value is -0.680. The molecule has 1 N–H and O–H groups in total. The summed E-state index contributed by atoms with van der Waals surface area (Å²) >= 11 is 1.50. The summed E-state index contributed by atoms with van der Waals surface area (Å²) in [5.41, 5.74) is 0.143. The number of hydrogen-bond acceptors (Lipinski definition) is 5. The molecule has 0 radical (unpaired) electrons. The van der Waals surface area contributed by atoms with Crippen molar-refractivity contribution in [3.05, 3.63) is 5.82 Å². The summed E-state index contributed by atoms with van der Waals surface area (Å²) < 4.78 is 4.23. The summed E-state index contributed by atoms with van der Waals surface area (Å²) in [6.45, 7) is 9.45. The van der Waals surface area contributed by atoms with Gasteiger partial charge in [0.2, 0.25) is 5.13 Å². The minimum Gasteiger partial charge on any atom is -0.339 e. The lowest BCUT2D eigenvalue weighted by molar-refractivity contribution is 0.380. The van der Waals surface area contributed by atoms with Gasteiger partial charge in [0.1, 0.15) is 5.82 Å². The number of aromatic nitrogens is 2.